The van der Waals surface area contributed by atoms with Gasteiger partial charge in [0.05, 0.1) is 50.7 Å². The molecule has 0 N–H and O–H groups in total. The molecule has 0 spiro atoms. The molecule has 0 radical (unpaired) electrons. The van der Waals surface area contributed by atoms with Crippen LogP contribution in [0.25, 0.3) is 22.2 Å². The average molecular weight is 631 g/mol. The lowest BCUT2D eigenvalue weighted by atomic mass is 9.78. The molecule has 1 unspecified atom stereocenters. The molecule has 2 fully saturated rings. The Bertz CT molecular complexity index is 1760. The Morgan fingerprint density at radius 1 is 0.800 bits per heavy atom. The van der Waals surface area contributed by atoms with Gasteiger partial charge >= 0.3 is 14.2 Å². The number of nitrogens with zero attached hydrogens (tertiary/aromatic N) is 1. The van der Waals surface area contributed by atoms with Gasteiger partial charge in [-0.05, 0) is 103 Å². The van der Waals surface area contributed by atoms with Crippen molar-refractivity contribution in [2.45, 2.75) is 90.4 Å². The zero-order chi connectivity index (χ0) is 32.1. The maximum absolute atomic E-state index is 16.3. The van der Waals surface area contributed by atoms with Crippen molar-refractivity contribution in [2.24, 2.45) is 0 Å². The number of hydrogen-bond donors (Lipinski definition) is 0. The minimum atomic E-state index is -0.713. The minimum Gasteiger partial charge on any atom is -0.464 e. The van der Waals surface area contributed by atoms with Gasteiger partial charge in [0.1, 0.15) is 11.6 Å². The number of halogens is 1. The van der Waals surface area contributed by atoms with Gasteiger partial charge in [-0.1, -0.05) is 12.1 Å². The molecule has 3 aliphatic heterocycles. The van der Waals surface area contributed by atoms with Crippen LogP contribution in [-0.2, 0) is 29.8 Å². The molecule has 0 aliphatic carbocycles. The van der Waals surface area contributed by atoms with E-state index in [2.05, 4.69) is 28.8 Å². The molecule has 2 aromatic heterocycles. The molecule has 45 heavy (non-hydrogen) atoms. The van der Waals surface area contributed by atoms with Gasteiger partial charge in [0.25, 0.3) is 0 Å². The summed E-state index contributed by atoms with van der Waals surface area (Å²) in [7, 11) is 0.489. The average Bonchev–Trinajstić information content (AvgIpc) is 3.68. The van der Waals surface area contributed by atoms with E-state index in [0.29, 0.717) is 23.4 Å². The van der Waals surface area contributed by atoms with Crippen molar-refractivity contribution in [1.29, 1.82) is 0 Å². The van der Waals surface area contributed by atoms with E-state index in [1.807, 2.05) is 73.6 Å². The van der Waals surface area contributed by atoms with Crippen molar-refractivity contribution in [3.63, 3.8) is 0 Å². The summed E-state index contributed by atoms with van der Waals surface area (Å²) in [5, 5.41) is 0.948. The number of thiophene rings is 1. The molecule has 4 aromatic rings. The second-order valence-corrected chi connectivity index (χ2v) is 15.5. The summed E-state index contributed by atoms with van der Waals surface area (Å²) in [6, 6.07) is 15.8. The van der Waals surface area contributed by atoms with E-state index in [-0.39, 0.29) is 0 Å². The lowest BCUT2D eigenvalue weighted by Gasteiger charge is -2.32. The van der Waals surface area contributed by atoms with Gasteiger partial charge in [-0.2, -0.15) is 0 Å². The third-order valence-corrected chi connectivity index (χ3v) is 11.4. The van der Waals surface area contributed by atoms with E-state index in [1.165, 1.54) is 10.9 Å². The number of ether oxygens (including phenoxy) is 2. The number of rotatable bonds is 6. The first-order chi connectivity index (χ1) is 21.1. The van der Waals surface area contributed by atoms with Crippen molar-refractivity contribution in [2.75, 3.05) is 13.7 Å². The first-order valence-electron chi connectivity index (χ1n) is 15.5. The zero-order valence-corrected chi connectivity index (χ0v) is 28.3. The number of aromatic nitrogens is 1. The van der Waals surface area contributed by atoms with Crippen molar-refractivity contribution < 1.29 is 32.5 Å². The SMILES string of the molecule is COCCc1ccc(C2Oc3cc(B4OC(C)(C)C(C)(C)O4)cc(F)c3-c3cc4cc(B5OC(C)(C)C(C)(C)O5)ccc4n32)s1. The highest BCUT2D eigenvalue weighted by molar-refractivity contribution is 7.12. The molecule has 0 amide bonds. The molecule has 2 saturated heterocycles. The summed E-state index contributed by atoms with van der Waals surface area (Å²) < 4.78 is 55.7. The number of hydrogen-bond acceptors (Lipinski definition) is 7. The molecular formula is C34H40B2FNO6S. The number of fused-ring (bicyclic) bond motifs is 5. The van der Waals surface area contributed by atoms with Crippen LogP contribution in [0.3, 0.4) is 0 Å². The maximum atomic E-state index is 16.3. The van der Waals surface area contributed by atoms with E-state index in [4.69, 9.17) is 28.1 Å². The summed E-state index contributed by atoms with van der Waals surface area (Å²) in [5.41, 5.74) is 1.57. The highest BCUT2D eigenvalue weighted by Crippen LogP contribution is 2.47. The quantitative estimate of drug-likeness (QED) is 0.235. The van der Waals surface area contributed by atoms with Gasteiger partial charge in [-0.3, -0.25) is 4.57 Å². The van der Waals surface area contributed by atoms with Gasteiger partial charge < -0.3 is 28.1 Å². The largest absolute Gasteiger partial charge is 0.495 e. The highest BCUT2D eigenvalue weighted by atomic mass is 32.1. The first-order valence-corrected chi connectivity index (χ1v) is 16.4. The number of benzene rings is 2. The second-order valence-electron chi connectivity index (χ2n) is 14.3. The molecule has 7 rings (SSSR count). The van der Waals surface area contributed by atoms with Gasteiger partial charge in [0, 0.05) is 23.8 Å². The summed E-state index contributed by atoms with van der Waals surface area (Å²) in [6.45, 7) is 16.8. The van der Waals surface area contributed by atoms with Crippen LogP contribution in [0.2, 0.25) is 0 Å². The Balaban J connectivity index is 1.34. The van der Waals surface area contributed by atoms with Crippen LogP contribution < -0.4 is 15.7 Å². The maximum Gasteiger partial charge on any atom is 0.495 e. The molecule has 1 atom stereocenters. The predicted octanol–water partition coefficient (Wildman–Crippen LogP) is 6.24. The zero-order valence-electron chi connectivity index (χ0n) is 27.4. The fourth-order valence-corrected chi connectivity index (χ4v) is 7.12. The van der Waals surface area contributed by atoms with Crippen LogP contribution in [-0.4, -0.2) is 54.9 Å². The van der Waals surface area contributed by atoms with Crippen LogP contribution in [0.5, 0.6) is 5.75 Å². The fraction of sp³-hybridized carbons (Fsp3) is 0.471. The Labute approximate surface area is 269 Å². The van der Waals surface area contributed by atoms with Gasteiger partial charge in [-0.15, -0.1) is 11.3 Å². The Morgan fingerprint density at radius 3 is 2.04 bits per heavy atom. The summed E-state index contributed by atoms with van der Waals surface area (Å²) >= 11 is 1.68. The first kappa shape index (κ1) is 31.0. The molecule has 0 bridgehead atoms. The topological polar surface area (TPSA) is 60.3 Å². The molecule has 7 nitrogen and oxygen atoms in total. The predicted molar refractivity (Wildman–Crippen MR) is 177 cm³/mol. The van der Waals surface area contributed by atoms with Gasteiger partial charge in [0.15, 0.2) is 0 Å². The van der Waals surface area contributed by atoms with Crippen molar-refractivity contribution >= 4 is 47.4 Å². The third-order valence-electron chi connectivity index (χ3n) is 10.2. The smallest absolute Gasteiger partial charge is 0.464 e. The monoisotopic (exact) mass is 631 g/mol. The molecule has 5 heterocycles. The second kappa shape index (κ2) is 10.4. The highest BCUT2D eigenvalue weighted by Gasteiger charge is 2.53. The van der Waals surface area contributed by atoms with Crippen LogP contribution in [0.15, 0.2) is 48.5 Å². The van der Waals surface area contributed by atoms with Crippen molar-refractivity contribution in [3.8, 4) is 17.0 Å². The van der Waals surface area contributed by atoms with Gasteiger partial charge in [-0.25, -0.2) is 4.39 Å². The molecular weight excluding hydrogens is 591 g/mol. The van der Waals surface area contributed by atoms with E-state index in [1.54, 1.807) is 18.4 Å². The van der Waals surface area contributed by atoms with Crippen molar-refractivity contribution in [1.82, 2.24) is 4.57 Å². The standard InChI is InChI=1S/C34H40B2FNO6S/c1-31(2)32(3,4)42-35(41-31)21-10-12-25-20(16-21)17-26-29-24(37)18-22(36-43-33(5,6)34(7,8)44-36)19-27(29)40-30(38(25)26)28-13-11-23(45-28)14-15-39-9/h10-13,16-19,30H,14-15H2,1-9H3. The van der Waals surface area contributed by atoms with E-state index in [9.17, 15) is 0 Å². The Morgan fingerprint density at radius 2 is 1.42 bits per heavy atom. The summed E-state index contributed by atoms with van der Waals surface area (Å²) in [6.07, 6.45) is 0.309. The normalized spacial score (nSPS) is 22.5. The lowest BCUT2D eigenvalue weighted by Crippen LogP contribution is -2.41. The molecule has 0 saturated carbocycles. The fourth-order valence-electron chi connectivity index (χ4n) is 6.11. The summed E-state index contributed by atoms with van der Waals surface area (Å²) in [4.78, 5) is 2.21. The minimum absolute atomic E-state index is 0.391. The molecule has 236 valence electrons. The Hall–Kier alpha value is -2.66. The van der Waals surface area contributed by atoms with E-state index in [0.717, 1.165) is 33.4 Å². The van der Waals surface area contributed by atoms with Crippen LogP contribution >= 0.6 is 11.3 Å². The van der Waals surface area contributed by atoms with Crippen molar-refractivity contribution in [3.05, 3.63) is 64.1 Å². The molecule has 2 aromatic carbocycles. The lowest BCUT2D eigenvalue weighted by molar-refractivity contribution is 0.00578. The van der Waals surface area contributed by atoms with Crippen LogP contribution in [0.1, 0.15) is 71.4 Å². The van der Waals surface area contributed by atoms with E-state index < -0.39 is 48.7 Å². The summed E-state index contributed by atoms with van der Waals surface area (Å²) in [5.74, 6) is 0.0657. The van der Waals surface area contributed by atoms with Gasteiger partial charge in [0.2, 0.25) is 6.23 Å². The van der Waals surface area contributed by atoms with Crippen LogP contribution in [0, 0.1) is 5.82 Å². The van der Waals surface area contributed by atoms with Crippen LogP contribution in [0.4, 0.5) is 4.39 Å². The van der Waals surface area contributed by atoms with E-state index >= 15 is 4.39 Å². The molecule has 11 heteroatoms. The third kappa shape index (κ3) is 4.98. The molecule has 3 aliphatic rings. The Kier molecular flexibility index (Phi) is 7.17. The number of methoxy groups -OCH3 is 1.